The SMILES string of the molecule is CCOc1ccc(N=N[C@H]2C(=O)N(c3nc(-c4cccc([N+](=O)[O-])c4)cs3)N=C2C)cc1. The van der Waals surface area contributed by atoms with Crippen molar-refractivity contribution in [2.75, 3.05) is 11.6 Å². The Morgan fingerprint density at radius 1 is 1.25 bits per heavy atom. The standard InChI is InChI=1S/C21H18N6O4S/c1-3-31-17-9-7-15(8-10-17)23-24-19-13(2)25-26(20(19)28)21-22-18(12-32-21)14-5-4-6-16(11-14)27(29)30/h4-12,19H,3H2,1-2H3/t19-/m1/s1. The summed E-state index contributed by atoms with van der Waals surface area (Å²) in [5, 5.41) is 26.9. The fourth-order valence-corrected chi connectivity index (χ4v) is 3.79. The molecule has 0 unspecified atom stereocenters. The first-order chi connectivity index (χ1) is 15.5. The van der Waals surface area contributed by atoms with Crippen LogP contribution in [0.5, 0.6) is 5.75 Å². The minimum Gasteiger partial charge on any atom is -0.494 e. The highest BCUT2D eigenvalue weighted by Crippen LogP contribution is 2.32. The van der Waals surface area contributed by atoms with Crippen LogP contribution in [0.15, 0.2) is 69.2 Å². The fourth-order valence-electron chi connectivity index (χ4n) is 3.00. The van der Waals surface area contributed by atoms with Crippen LogP contribution in [0, 0.1) is 10.1 Å². The van der Waals surface area contributed by atoms with Crippen LogP contribution in [-0.4, -0.2) is 34.2 Å². The van der Waals surface area contributed by atoms with E-state index in [0.29, 0.717) is 34.4 Å². The quantitative estimate of drug-likeness (QED) is 0.285. The van der Waals surface area contributed by atoms with Crippen LogP contribution in [0.25, 0.3) is 11.3 Å². The maximum Gasteiger partial charge on any atom is 0.282 e. The van der Waals surface area contributed by atoms with E-state index in [2.05, 4.69) is 20.3 Å². The largest absolute Gasteiger partial charge is 0.494 e. The van der Waals surface area contributed by atoms with Gasteiger partial charge in [-0.15, -0.1) is 11.3 Å². The summed E-state index contributed by atoms with van der Waals surface area (Å²) in [4.78, 5) is 27.9. The average Bonchev–Trinajstić information content (AvgIpc) is 3.38. The lowest BCUT2D eigenvalue weighted by Gasteiger charge is -2.08. The molecule has 3 aromatic rings. The van der Waals surface area contributed by atoms with Crippen molar-refractivity contribution in [2.24, 2.45) is 15.3 Å². The predicted octanol–water partition coefficient (Wildman–Crippen LogP) is 4.99. The fraction of sp³-hybridized carbons (Fsp3) is 0.190. The Labute approximate surface area is 187 Å². The monoisotopic (exact) mass is 450 g/mol. The van der Waals surface area contributed by atoms with Gasteiger partial charge in [0.15, 0.2) is 6.04 Å². The second-order valence-electron chi connectivity index (χ2n) is 6.76. The second kappa shape index (κ2) is 9.02. The molecule has 0 fully saturated rings. The van der Waals surface area contributed by atoms with Gasteiger partial charge in [-0.3, -0.25) is 14.9 Å². The highest BCUT2D eigenvalue weighted by Gasteiger charge is 2.36. The molecule has 0 bridgehead atoms. The Hall–Kier alpha value is -3.99. The highest BCUT2D eigenvalue weighted by molar-refractivity contribution is 7.14. The third kappa shape index (κ3) is 4.37. The molecule has 32 heavy (non-hydrogen) atoms. The van der Waals surface area contributed by atoms with Crippen LogP contribution >= 0.6 is 11.3 Å². The van der Waals surface area contributed by atoms with Gasteiger partial charge in [-0.1, -0.05) is 12.1 Å². The Balaban J connectivity index is 1.50. The maximum absolute atomic E-state index is 12.9. The number of thiazole rings is 1. The first-order valence-electron chi connectivity index (χ1n) is 9.69. The highest BCUT2D eigenvalue weighted by atomic mass is 32.1. The Bertz CT molecular complexity index is 1220. The number of carbonyl (C=O) groups is 1. The van der Waals surface area contributed by atoms with Crippen molar-refractivity contribution in [3.05, 3.63) is 64.0 Å². The number of amides is 1. The summed E-state index contributed by atoms with van der Waals surface area (Å²) in [7, 11) is 0. The van der Waals surface area contributed by atoms with Gasteiger partial charge in [-0.2, -0.15) is 20.3 Å². The number of nitro groups is 1. The van der Waals surface area contributed by atoms with Gasteiger partial charge in [-0.25, -0.2) is 4.98 Å². The molecule has 1 aliphatic heterocycles. The predicted molar refractivity (Wildman–Crippen MR) is 121 cm³/mol. The average molecular weight is 450 g/mol. The number of anilines is 1. The molecule has 1 atom stereocenters. The Morgan fingerprint density at radius 2 is 2.03 bits per heavy atom. The molecule has 162 valence electrons. The minimum atomic E-state index is -0.841. The molecule has 1 aromatic heterocycles. The molecule has 1 aliphatic rings. The van der Waals surface area contributed by atoms with Crippen molar-refractivity contribution in [3.8, 4) is 17.0 Å². The Kier molecular flexibility index (Phi) is 5.99. The molecule has 0 spiro atoms. The maximum atomic E-state index is 12.9. The molecule has 0 saturated heterocycles. The number of rotatable bonds is 7. The van der Waals surface area contributed by atoms with Crippen LogP contribution < -0.4 is 9.75 Å². The molecule has 2 aromatic carbocycles. The number of nitrogens with zero attached hydrogens (tertiary/aromatic N) is 6. The molecule has 4 rings (SSSR count). The van der Waals surface area contributed by atoms with E-state index in [9.17, 15) is 14.9 Å². The summed E-state index contributed by atoms with van der Waals surface area (Å²) < 4.78 is 5.40. The van der Waals surface area contributed by atoms with Crippen LogP contribution in [-0.2, 0) is 4.79 Å². The number of azo groups is 1. The van der Waals surface area contributed by atoms with Crippen LogP contribution in [0.1, 0.15) is 13.8 Å². The first kappa shape index (κ1) is 21.2. The summed E-state index contributed by atoms with van der Waals surface area (Å²) in [6.07, 6.45) is 0. The molecule has 1 amide bonds. The molecule has 0 aliphatic carbocycles. The molecular formula is C21H18N6O4S. The van der Waals surface area contributed by atoms with Crippen molar-refractivity contribution < 1.29 is 14.5 Å². The topological polar surface area (TPSA) is 123 Å². The van der Waals surface area contributed by atoms with Gasteiger partial charge >= 0.3 is 0 Å². The smallest absolute Gasteiger partial charge is 0.282 e. The number of non-ortho nitro benzene ring substituents is 1. The van der Waals surface area contributed by atoms with Gasteiger partial charge in [0.25, 0.3) is 11.6 Å². The Morgan fingerprint density at radius 3 is 2.75 bits per heavy atom. The van der Waals surface area contributed by atoms with Crippen molar-refractivity contribution in [2.45, 2.75) is 19.9 Å². The molecule has 10 nitrogen and oxygen atoms in total. The second-order valence-corrected chi connectivity index (χ2v) is 7.60. The van der Waals surface area contributed by atoms with E-state index in [-0.39, 0.29) is 11.6 Å². The van der Waals surface area contributed by atoms with Crippen molar-refractivity contribution >= 4 is 39.5 Å². The lowest BCUT2D eigenvalue weighted by molar-refractivity contribution is -0.384. The van der Waals surface area contributed by atoms with E-state index in [1.165, 1.54) is 28.5 Å². The summed E-state index contributed by atoms with van der Waals surface area (Å²) >= 11 is 1.22. The van der Waals surface area contributed by atoms with E-state index in [4.69, 9.17) is 4.74 Å². The first-order valence-corrected chi connectivity index (χ1v) is 10.6. The summed E-state index contributed by atoms with van der Waals surface area (Å²) in [6, 6.07) is 12.4. The number of carbonyl (C=O) groups excluding carboxylic acids is 1. The van der Waals surface area contributed by atoms with Gasteiger partial charge in [-0.05, 0) is 38.1 Å². The summed E-state index contributed by atoms with van der Waals surface area (Å²) in [5.74, 6) is 0.368. The molecule has 0 saturated carbocycles. The van der Waals surface area contributed by atoms with E-state index >= 15 is 0 Å². The summed E-state index contributed by atoms with van der Waals surface area (Å²) in [6.45, 7) is 4.18. The molecule has 11 heteroatoms. The number of benzene rings is 2. The van der Waals surface area contributed by atoms with Gasteiger partial charge in [0.1, 0.15) is 5.75 Å². The van der Waals surface area contributed by atoms with Crippen molar-refractivity contribution in [1.82, 2.24) is 4.98 Å². The lowest BCUT2D eigenvalue weighted by Crippen LogP contribution is -2.29. The summed E-state index contributed by atoms with van der Waals surface area (Å²) in [5.41, 5.74) is 2.17. The zero-order chi connectivity index (χ0) is 22.7. The number of hydrogen-bond acceptors (Lipinski definition) is 9. The number of hydrogen-bond donors (Lipinski definition) is 0. The van der Waals surface area contributed by atoms with Gasteiger partial charge in [0, 0.05) is 23.1 Å². The van der Waals surface area contributed by atoms with Gasteiger partial charge in [0.2, 0.25) is 5.13 Å². The van der Waals surface area contributed by atoms with Crippen molar-refractivity contribution in [3.63, 3.8) is 0 Å². The number of ether oxygens (including phenoxy) is 1. The van der Waals surface area contributed by atoms with Crippen LogP contribution in [0.3, 0.4) is 0 Å². The zero-order valence-corrected chi connectivity index (χ0v) is 18.0. The van der Waals surface area contributed by atoms with E-state index in [1.807, 2.05) is 6.92 Å². The molecular weight excluding hydrogens is 432 g/mol. The third-order valence-corrected chi connectivity index (χ3v) is 5.37. The lowest BCUT2D eigenvalue weighted by atomic mass is 10.1. The van der Waals surface area contributed by atoms with E-state index in [0.717, 1.165) is 5.75 Å². The van der Waals surface area contributed by atoms with Gasteiger partial charge < -0.3 is 4.74 Å². The zero-order valence-electron chi connectivity index (χ0n) is 17.2. The molecule has 0 radical (unpaired) electrons. The third-order valence-electron chi connectivity index (χ3n) is 4.56. The minimum absolute atomic E-state index is 0.0297. The normalized spacial score (nSPS) is 15.9. The van der Waals surface area contributed by atoms with E-state index in [1.54, 1.807) is 48.7 Å². The van der Waals surface area contributed by atoms with Crippen LogP contribution in [0.2, 0.25) is 0 Å². The molecule has 0 N–H and O–H groups in total. The number of nitro benzene ring substituents is 1. The van der Waals surface area contributed by atoms with Crippen molar-refractivity contribution in [1.29, 1.82) is 0 Å². The number of aromatic nitrogens is 1. The van der Waals surface area contributed by atoms with E-state index < -0.39 is 11.0 Å². The molecule has 2 heterocycles. The van der Waals surface area contributed by atoms with Crippen LogP contribution in [0.4, 0.5) is 16.5 Å². The number of hydrazone groups is 1. The van der Waals surface area contributed by atoms with Gasteiger partial charge in [0.05, 0.1) is 28.6 Å².